The number of nitrogens with zero attached hydrogens (tertiary/aromatic N) is 2. The SMILES string of the molecule is CC(C)Oc1cc(NCCCCCO)ncn1. The minimum Gasteiger partial charge on any atom is -0.475 e. The summed E-state index contributed by atoms with van der Waals surface area (Å²) in [6.45, 7) is 5.03. The van der Waals surface area contributed by atoms with Gasteiger partial charge in [-0.2, -0.15) is 0 Å². The molecule has 96 valence electrons. The fourth-order valence-electron chi connectivity index (χ4n) is 1.37. The van der Waals surface area contributed by atoms with Crippen LogP contribution in [0.2, 0.25) is 0 Å². The second-order valence-electron chi connectivity index (χ2n) is 4.12. The molecular formula is C12H21N3O2. The highest BCUT2D eigenvalue weighted by molar-refractivity contribution is 5.36. The number of anilines is 1. The first-order valence-corrected chi connectivity index (χ1v) is 6.06. The van der Waals surface area contributed by atoms with Crippen LogP contribution in [-0.4, -0.2) is 34.3 Å². The van der Waals surface area contributed by atoms with E-state index in [4.69, 9.17) is 9.84 Å². The summed E-state index contributed by atoms with van der Waals surface area (Å²) in [6, 6.07) is 1.80. The van der Waals surface area contributed by atoms with E-state index in [2.05, 4.69) is 15.3 Å². The summed E-state index contributed by atoms with van der Waals surface area (Å²) >= 11 is 0. The van der Waals surface area contributed by atoms with E-state index in [1.807, 2.05) is 13.8 Å². The first-order valence-electron chi connectivity index (χ1n) is 6.06. The smallest absolute Gasteiger partial charge is 0.218 e. The lowest BCUT2D eigenvalue weighted by Crippen LogP contribution is -2.09. The summed E-state index contributed by atoms with van der Waals surface area (Å²) < 4.78 is 5.48. The van der Waals surface area contributed by atoms with Gasteiger partial charge in [0.25, 0.3) is 0 Å². The molecule has 17 heavy (non-hydrogen) atoms. The molecule has 0 spiro atoms. The van der Waals surface area contributed by atoms with Gasteiger partial charge in [-0.1, -0.05) is 0 Å². The van der Waals surface area contributed by atoms with Crippen molar-refractivity contribution in [1.82, 2.24) is 9.97 Å². The number of unbranched alkanes of at least 4 members (excludes halogenated alkanes) is 2. The molecule has 0 unspecified atom stereocenters. The van der Waals surface area contributed by atoms with Crippen LogP contribution < -0.4 is 10.1 Å². The van der Waals surface area contributed by atoms with E-state index in [0.717, 1.165) is 31.6 Å². The zero-order chi connectivity index (χ0) is 12.5. The Labute approximate surface area is 102 Å². The molecule has 0 saturated carbocycles. The van der Waals surface area contributed by atoms with Gasteiger partial charge >= 0.3 is 0 Å². The molecule has 0 aliphatic rings. The van der Waals surface area contributed by atoms with Crippen molar-refractivity contribution in [3.05, 3.63) is 12.4 Å². The molecule has 0 radical (unpaired) electrons. The molecule has 1 heterocycles. The van der Waals surface area contributed by atoms with E-state index >= 15 is 0 Å². The summed E-state index contributed by atoms with van der Waals surface area (Å²) in [4.78, 5) is 8.14. The molecule has 0 bridgehead atoms. The van der Waals surface area contributed by atoms with Crippen molar-refractivity contribution in [2.45, 2.75) is 39.2 Å². The van der Waals surface area contributed by atoms with Crippen LogP contribution in [0.4, 0.5) is 5.82 Å². The zero-order valence-corrected chi connectivity index (χ0v) is 10.5. The van der Waals surface area contributed by atoms with E-state index in [-0.39, 0.29) is 12.7 Å². The van der Waals surface area contributed by atoms with Crippen LogP contribution in [0.25, 0.3) is 0 Å². The average molecular weight is 239 g/mol. The Kier molecular flexibility index (Phi) is 6.32. The van der Waals surface area contributed by atoms with Gasteiger partial charge in [0.1, 0.15) is 12.1 Å². The van der Waals surface area contributed by atoms with Crippen LogP contribution in [0.5, 0.6) is 5.88 Å². The number of nitrogens with one attached hydrogen (secondary N) is 1. The van der Waals surface area contributed by atoms with Crippen LogP contribution in [-0.2, 0) is 0 Å². The predicted molar refractivity (Wildman–Crippen MR) is 67.2 cm³/mol. The summed E-state index contributed by atoms with van der Waals surface area (Å²) in [6.07, 6.45) is 4.50. The molecule has 0 aliphatic heterocycles. The lowest BCUT2D eigenvalue weighted by Gasteiger charge is -2.10. The van der Waals surface area contributed by atoms with Gasteiger partial charge in [0.2, 0.25) is 5.88 Å². The largest absolute Gasteiger partial charge is 0.475 e. The van der Waals surface area contributed by atoms with Crippen molar-refractivity contribution in [3.8, 4) is 5.88 Å². The number of ether oxygens (including phenoxy) is 1. The van der Waals surface area contributed by atoms with Gasteiger partial charge in [-0.15, -0.1) is 0 Å². The Morgan fingerprint density at radius 2 is 2.12 bits per heavy atom. The van der Waals surface area contributed by atoms with Crippen LogP contribution in [0.3, 0.4) is 0 Å². The molecule has 5 nitrogen and oxygen atoms in total. The summed E-state index contributed by atoms with van der Waals surface area (Å²) in [5.41, 5.74) is 0. The van der Waals surface area contributed by atoms with E-state index in [0.29, 0.717) is 5.88 Å². The van der Waals surface area contributed by atoms with E-state index in [1.54, 1.807) is 6.07 Å². The summed E-state index contributed by atoms with van der Waals surface area (Å²) in [7, 11) is 0. The number of aromatic nitrogens is 2. The molecule has 1 aromatic rings. The normalized spacial score (nSPS) is 10.6. The highest BCUT2D eigenvalue weighted by atomic mass is 16.5. The van der Waals surface area contributed by atoms with Gasteiger partial charge in [-0.3, -0.25) is 0 Å². The Hall–Kier alpha value is -1.36. The topological polar surface area (TPSA) is 67.3 Å². The van der Waals surface area contributed by atoms with Gasteiger partial charge in [0, 0.05) is 19.2 Å². The molecule has 5 heteroatoms. The molecule has 2 N–H and O–H groups in total. The van der Waals surface area contributed by atoms with E-state index in [1.165, 1.54) is 6.33 Å². The number of aliphatic hydroxyl groups is 1. The lowest BCUT2D eigenvalue weighted by molar-refractivity contribution is 0.232. The number of hydrogen-bond acceptors (Lipinski definition) is 5. The van der Waals surface area contributed by atoms with E-state index < -0.39 is 0 Å². The minimum atomic E-state index is 0.113. The Bertz CT molecular complexity index is 318. The fourth-order valence-corrected chi connectivity index (χ4v) is 1.37. The third-order valence-electron chi connectivity index (χ3n) is 2.14. The van der Waals surface area contributed by atoms with E-state index in [9.17, 15) is 0 Å². The monoisotopic (exact) mass is 239 g/mol. The maximum atomic E-state index is 8.65. The van der Waals surface area contributed by atoms with Gasteiger partial charge in [-0.25, -0.2) is 9.97 Å². The average Bonchev–Trinajstić information content (AvgIpc) is 2.28. The van der Waals surface area contributed by atoms with Crippen molar-refractivity contribution < 1.29 is 9.84 Å². The van der Waals surface area contributed by atoms with Crippen molar-refractivity contribution in [2.24, 2.45) is 0 Å². The Balaban J connectivity index is 2.32. The van der Waals surface area contributed by atoms with Crippen molar-refractivity contribution in [3.63, 3.8) is 0 Å². The molecule has 1 aromatic heterocycles. The Morgan fingerprint density at radius 1 is 1.29 bits per heavy atom. The highest BCUT2D eigenvalue weighted by Gasteiger charge is 2.01. The van der Waals surface area contributed by atoms with Gasteiger partial charge in [0.15, 0.2) is 0 Å². The standard InChI is InChI=1S/C12H21N3O2/c1-10(2)17-12-8-11(14-9-15-12)13-6-4-3-5-7-16/h8-10,16H,3-7H2,1-2H3,(H,13,14,15). The number of hydrogen-bond donors (Lipinski definition) is 2. The molecule has 0 atom stereocenters. The summed E-state index contributed by atoms with van der Waals surface area (Å²) in [5, 5.41) is 11.8. The second kappa shape index (κ2) is 7.84. The number of aliphatic hydroxyl groups excluding tert-OH is 1. The maximum Gasteiger partial charge on any atom is 0.218 e. The second-order valence-corrected chi connectivity index (χ2v) is 4.12. The minimum absolute atomic E-state index is 0.113. The Morgan fingerprint density at radius 3 is 2.82 bits per heavy atom. The predicted octanol–water partition coefficient (Wildman–Crippen LogP) is 1.84. The molecule has 1 rings (SSSR count). The van der Waals surface area contributed by atoms with Gasteiger partial charge in [-0.05, 0) is 33.1 Å². The molecule has 0 aromatic carbocycles. The summed E-state index contributed by atoms with van der Waals surface area (Å²) in [5.74, 6) is 1.37. The van der Waals surface area contributed by atoms with Crippen LogP contribution >= 0.6 is 0 Å². The van der Waals surface area contributed by atoms with Gasteiger partial charge < -0.3 is 15.2 Å². The van der Waals surface area contributed by atoms with Crippen molar-refractivity contribution >= 4 is 5.82 Å². The van der Waals surface area contributed by atoms with Crippen LogP contribution in [0, 0.1) is 0 Å². The highest BCUT2D eigenvalue weighted by Crippen LogP contribution is 2.12. The molecule has 0 aliphatic carbocycles. The van der Waals surface area contributed by atoms with Gasteiger partial charge in [0.05, 0.1) is 6.10 Å². The van der Waals surface area contributed by atoms with Crippen LogP contribution in [0.1, 0.15) is 33.1 Å². The molecular weight excluding hydrogens is 218 g/mol. The first kappa shape index (κ1) is 13.7. The molecule has 0 amide bonds. The third-order valence-corrected chi connectivity index (χ3v) is 2.14. The first-order chi connectivity index (χ1) is 8.22. The number of rotatable bonds is 8. The molecule has 0 saturated heterocycles. The molecule has 0 fully saturated rings. The maximum absolute atomic E-state index is 8.65. The fraction of sp³-hybridized carbons (Fsp3) is 0.667. The quantitative estimate of drug-likeness (QED) is 0.677. The van der Waals surface area contributed by atoms with Crippen LogP contribution in [0.15, 0.2) is 12.4 Å². The lowest BCUT2D eigenvalue weighted by atomic mass is 10.2. The van der Waals surface area contributed by atoms with Crippen molar-refractivity contribution in [1.29, 1.82) is 0 Å². The third kappa shape index (κ3) is 6.06. The van der Waals surface area contributed by atoms with Crippen molar-refractivity contribution in [2.75, 3.05) is 18.5 Å². The zero-order valence-electron chi connectivity index (χ0n) is 10.5.